The molecule has 1 saturated heterocycles. The second kappa shape index (κ2) is 5.45. The molecule has 2 rings (SSSR count). The highest BCUT2D eigenvalue weighted by Gasteiger charge is 2.49. The molecule has 1 aliphatic rings. The molecule has 0 aromatic heterocycles. The van der Waals surface area contributed by atoms with Gasteiger partial charge in [0.15, 0.2) is 0 Å². The molecule has 3 heteroatoms. The molecular weight excluding hydrogens is 253 g/mol. The van der Waals surface area contributed by atoms with E-state index in [2.05, 4.69) is 39.9 Å². The molecule has 0 spiro atoms. The van der Waals surface area contributed by atoms with E-state index in [9.17, 15) is 4.39 Å². The Kier molecular flexibility index (Phi) is 4.22. The predicted molar refractivity (Wildman–Crippen MR) is 80.2 cm³/mol. The Hall–Kier alpha value is -0.930. The lowest BCUT2D eigenvalue weighted by Gasteiger charge is -2.33. The normalized spacial score (nSPS) is 25.6. The molecule has 0 bridgehead atoms. The van der Waals surface area contributed by atoms with Gasteiger partial charge >= 0.3 is 0 Å². The number of halogens is 1. The summed E-state index contributed by atoms with van der Waals surface area (Å²) in [4.78, 5) is 0. The minimum absolute atomic E-state index is 0.118. The number of rotatable bonds is 4. The third-order valence-corrected chi connectivity index (χ3v) is 4.18. The van der Waals surface area contributed by atoms with E-state index in [0.717, 1.165) is 18.5 Å². The minimum Gasteiger partial charge on any atom is -0.369 e. The standard InChI is InChI=1S/C17H26FNO/c1-6-19-15(12-8-7-9-13(18)10-12)14-11-16(2,3)20-17(14,4)5/h7-10,14-15,19H,6,11H2,1-5H3. The highest BCUT2D eigenvalue weighted by atomic mass is 19.1. The van der Waals surface area contributed by atoms with E-state index in [0.29, 0.717) is 5.92 Å². The third kappa shape index (κ3) is 3.21. The summed E-state index contributed by atoms with van der Waals surface area (Å²) in [5.41, 5.74) is 0.656. The second-order valence-electron chi connectivity index (χ2n) is 6.87. The highest BCUT2D eigenvalue weighted by Crippen LogP contribution is 2.47. The van der Waals surface area contributed by atoms with Crippen molar-refractivity contribution in [3.63, 3.8) is 0 Å². The summed E-state index contributed by atoms with van der Waals surface area (Å²) in [7, 11) is 0. The summed E-state index contributed by atoms with van der Waals surface area (Å²) >= 11 is 0. The van der Waals surface area contributed by atoms with Crippen LogP contribution in [0.2, 0.25) is 0 Å². The SMILES string of the molecule is CCNC(c1cccc(F)c1)C1CC(C)(C)OC1(C)C. The van der Waals surface area contributed by atoms with Gasteiger partial charge in [-0.15, -0.1) is 0 Å². The molecule has 1 heterocycles. The van der Waals surface area contributed by atoms with Gasteiger partial charge in [-0.25, -0.2) is 4.39 Å². The Morgan fingerprint density at radius 2 is 2.05 bits per heavy atom. The summed E-state index contributed by atoms with van der Waals surface area (Å²) in [6, 6.07) is 7.02. The van der Waals surface area contributed by atoms with Gasteiger partial charge < -0.3 is 10.1 Å². The zero-order chi connectivity index (χ0) is 15.0. The van der Waals surface area contributed by atoms with Crippen molar-refractivity contribution in [1.82, 2.24) is 5.32 Å². The monoisotopic (exact) mass is 279 g/mol. The molecule has 1 aliphatic heterocycles. The van der Waals surface area contributed by atoms with E-state index in [1.165, 1.54) is 6.07 Å². The summed E-state index contributed by atoms with van der Waals surface area (Å²) in [5, 5.41) is 3.51. The zero-order valence-corrected chi connectivity index (χ0v) is 13.2. The molecule has 1 fully saturated rings. The molecular formula is C17H26FNO. The van der Waals surface area contributed by atoms with E-state index < -0.39 is 0 Å². The van der Waals surface area contributed by atoms with Crippen LogP contribution < -0.4 is 5.32 Å². The third-order valence-electron chi connectivity index (χ3n) is 4.18. The van der Waals surface area contributed by atoms with Gasteiger partial charge in [0.2, 0.25) is 0 Å². The Bertz CT molecular complexity index is 470. The number of hydrogen-bond acceptors (Lipinski definition) is 2. The smallest absolute Gasteiger partial charge is 0.123 e. The molecule has 2 atom stereocenters. The van der Waals surface area contributed by atoms with Crippen molar-refractivity contribution in [2.45, 2.75) is 58.3 Å². The van der Waals surface area contributed by atoms with Crippen molar-refractivity contribution in [1.29, 1.82) is 0 Å². The fraction of sp³-hybridized carbons (Fsp3) is 0.647. The minimum atomic E-state index is -0.220. The fourth-order valence-electron chi connectivity index (χ4n) is 3.54. The topological polar surface area (TPSA) is 21.3 Å². The quantitative estimate of drug-likeness (QED) is 0.897. The Morgan fingerprint density at radius 1 is 1.35 bits per heavy atom. The van der Waals surface area contributed by atoms with Crippen molar-refractivity contribution >= 4 is 0 Å². The van der Waals surface area contributed by atoms with E-state index in [4.69, 9.17) is 4.74 Å². The fourth-order valence-corrected chi connectivity index (χ4v) is 3.54. The number of benzene rings is 1. The van der Waals surface area contributed by atoms with Gasteiger partial charge in [0, 0.05) is 12.0 Å². The van der Waals surface area contributed by atoms with Crippen LogP contribution in [0.25, 0.3) is 0 Å². The zero-order valence-electron chi connectivity index (χ0n) is 13.2. The Morgan fingerprint density at radius 3 is 2.55 bits per heavy atom. The van der Waals surface area contributed by atoms with Crippen LogP contribution >= 0.6 is 0 Å². The highest BCUT2D eigenvalue weighted by molar-refractivity contribution is 5.23. The predicted octanol–water partition coefficient (Wildman–Crippen LogP) is 4.07. The van der Waals surface area contributed by atoms with Gasteiger partial charge in [-0.3, -0.25) is 0 Å². The molecule has 0 amide bonds. The van der Waals surface area contributed by atoms with Crippen molar-refractivity contribution in [2.24, 2.45) is 5.92 Å². The van der Waals surface area contributed by atoms with Crippen molar-refractivity contribution in [3.8, 4) is 0 Å². The maximum absolute atomic E-state index is 13.5. The number of hydrogen-bond donors (Lipinski definition) is 1. The lowest BCUT2D eigenvalue weighted by Crippen LogP contribution is -2.38. The molecule has 2 unspecified atom stereocenters. The molecule has 112 valence electrons. The molecule has 0 radical (unpaired) electrons. The van der Waals surface area contributed by atoms with Crippen LogP contribution in [-0.4, -0.2) is 17.7 Å². The van der Waals surface area contributed by atoms with Gasteiger partial charge in [-0.05, 0) is 58.4 Å². The first-order valence-electron chi connectivity index (χ1n) is 7.44. The van der Waals surface area contributed by atoms with Crippen molar-refractivity contribution in [2.75, 3.05) is 6.54 Å². The molecule has 2 nitrogen and oxygen atoms in total. The van der Waals surface area contributed by atoms with Crippen molar-refractivity contribution in [3.05, 3.63) is 35.6 Å². The van der Waals surface area contributed by atoms with Gasteiger partial charge in [-0.1, -0.05) is 19.1 Å². The molecule has 20 heavy (non-hydrogen) atoms. The molecule has 0 saturated carbocycles. The van der Waals surface area contributed by atoms with Crippen molar-refractivity contribution < 1.29 is 9.13 Å². The van der Waals surface area contributed by atoms with Crippen LogP contribution in [0.4, 0.5) is 4.39 Å². The lowest BCUT2D eigenvalue weighted by molar-refractivity contribution is -0.0778. The second-order valence-corrected chi connectivity index (χ2v) is 6.87. The molecule has 1 aromatic rings. The first kappa shape index (κ1) is 15.5. The van der Waals surface area contributed by atoms with E-state index in [-0.39, 0.29) is 23.1 Å². The average molecular weight is 279 g/mol. The molecule has 1 aromatic carbocycles. The van der Waals surface area contributed by atoms with E-state index in [1.807, 2.05) is 6.07 Å². The van der Waals surface area contributed by atoms with Crippen LogP contribution in [-0.2, 0) is 4.74 Å². The largest absolute Gasteiger partial charge is 0.369 e. The van der Waals surface area contributed by atoms with Crippen LogP contribution in [0.5, 0.6) is 0 Å². The summed E-state index contributed by atoms with van der Waals surface area (Å²) in [6.07, 6.45) is 0.966. The first-order chi connectivity index (χ1) is 9.25. The number of ether oxygens (including phenoxy) is 1. The van der Waals surface area contributed by atoms with Gasteiger partial charge in [-0.2, -0.15) is 0 Å². The van der Waals surface area contributed by atoms with Gasteiger partial charge in [0.1, 0.15) is 5.82 Å². The molecule has 0 aliphatic carbocycles. The molecule has 1 N–H and O–H groups in total. The van der Waals surface area contributed by atoms with E-state index >= 15 is 0 Å². The number of nitrogens with one attached hydrogen (secondary N) is 1. The average Bonchev–Trinajstić information content (AvgIpc) is 2.54. The maximum Gasteiger partial charge on any atom is 0.123 e. The van der Waals surface area contributed by atoms with Crippen LogP contribution in [0.15, 0.2) is 24.3 Å². The van der Waals surface area contributed by atoms with Gasteiger partial charge in [0.05, 0.1) is 11.2 Å². The van der Waals surface area contributed by atoms with Gasteiger partial charge in [0.25, 0.3) is 0 Å². The van der Waals surface area contributed by atoms with Crippen LogP contribution in [0, 0.1) is 11.7 Å². The maximum atomic E-state index is 13.5. The summed E-state index contributed by atoms with van der Waals surface area (Å²) in [6.45, 7) is 11.5. The summed E-state index contributed by atoms with van der Waals surface area (Å²) in [5.74, 6) is 0.139. The van der Waals surface area contributed by atoms with Crippen LogP contribution in [0.3, 0.4) is 0 Å². The van der Waals surface area contributed by atoms with E-state index in [1.54, 1.807) is 12.1 Å². The summed E-state index contributed by atoms with van der Waals surface area (Å²) < 4.78 is 19.7. The Balaban J connectivity index is 2.34. The lowest BCUT2D eigenvalue weighted by atomic mass is 9.79. The first-order valence-corrected chi connectivity index (χ1v) is 7.44. The Labute approximate surface area is 121 Å². The van der Waals surface area contributed by atoms with Crippen LogP contribution in [0.1, 0.15) is 52.6 Å².